The average Bonchev–Trinajstić information content (AvgIpc) is 2.51. The van der Waals surface area contributed by atoms with E-state index in [0.717, 1.165) is 11.0 Å². The predicted octanol–water partition coefficient (Wildman–Crippen LogP) is 2.24. The lowest BCUT2D eigenvalue weighted by atomic mass is 9.75. The van der Waals surface area contributed by atoms with Crippen LogP contribution in [0.1, 0.15) is 27.7 Å². The first-order valence-corrected chi connectivity index (χ1v) is 6.48. The molecule has 19 heavy (non-hydrogen) atoms. The summed E-state index contributed by atoms with van der Waals surface area (Å²) in [4.78, 5) is 0. The minimum absolute atomic E-state index is 0.352. The van der Waals surface area contributed by atoms with Crippen LogP contribution in [-0.2, 0) is 9.31 Å². The van der Waals surface area contributed by atoms with Gasteiger partial charge < -0.3 is 20.0 Å². The summed E-state index contributed by atoms with van der Waals surface area (Å²) in [6.07, 6.45) is 7.45. The Morgan fingerprint density at radius 2 is 1.74 bits per heavy atom. The molecule has 1 aliphatic carbocycles. The van der Waals surface area contributed by atoms with Crippen LogP contribution in [0.15, 0.2) is 35.5 Å². The highest BCUT2D eigenvalue weighted by atomic mass is 16.7. The molecule has 0 bridgehead atoms. The fourth-order valence-electron chi connectivity index (χ4n) is 1.98. The lowest BCUT2D eigenvalue weighted by molar-refractivity contribution is 0.00578. The molecule has 5 heteroatoms. The highest BCUT2D eigenvalue weighted by molar-refractivity contribution is 6.56. The van der Waals surface area contributed by atoms with Gasteiger partial charge in [0, 0.05) is 18.8 Å². The quantitative estimate of drug-likeness (QED) is 0.748. The van der Waals surface area contributed by atoms with Crippen molar-refractivity contribution in [2.24, 2.45) is 0 Å². The van der Waals surface area contributed by atoms with E-state index in [1.807, 2.05) is 46.9 Å². The van der Waals surface area contributed by atoms with Crippen LogP contribution in [0, 0.1) is 5.41 Å². The predicted molar refractivity (Wildman–Crippen MR) is 78.2 cm³/mol. The first kappa shape index (κ1) is 14.1. The van der Waals surface area contributed by atoms with E-state index < -0.39 is 7.12 Å². The molecular weight excluding hydrogens is 239 g/mol. The molecule has 2 aliphatic rings. The normalized spacial score (nSPS) is 26.8. The van der Waals surface area contributed by atoms with Crippen molar-refractivity contribution in [3.63, 3.8) is 0 Å². The summed E-state index contributed by atoms with van der Waals surface area (Å²) in [5.74, 6) is 0. The molecule has 0 unspecified atom stereocenters. The van der Waals surface area contributed by atoms with E-state index in [9.17, 15) is 0 Å². The van der Waals surface area contributed by atoms with E-state index in [4.69, 9.17) is 14.7 Å². The van der Waals surface area contributed by atoms with Crippen LogP contribution in [0.4, 0.5) is 0 Å². The molecule has 2 rings (SSSR count). The molecule has 4 nitrogen and oxygen atoms in total. The molecule has 0 saturated carbocycles. The summed E-state index contributed by atoms with van der Waals surface area (Å²) in [6, 6.07) is 0. The van der Waals surface area contributed by atoms with E-state index in [-0.39, 0.29) is 11.2 Å². The van der Waals surface area contributed by atoms with Crippen LogP contribution < -0.4 is 5.32 Å². The maximum atomic E-state index is 7.99. The van der Waals surface area contributed by atoms with Gasteiger partial charge >= 0.3 is 7.12 Å². The van der Waals surface area contributed by atoms with Crippen LogP contribution in [0.25, 0.3) is 0 Å². The molecule has 1 heterocycles. The van der Waals surface area contributed by atoms with Crippen LogP contribution >= 0.6 is 0 Å². The molecule has 102 valence electrons. The minimum atomic E-state index is -0.405. The van der Waals surface area contributed by atoms with E-state index in [1.54, 1.807) is 12.3 Å². The molecule has 0 atom stereocenters. The number of allylic oxidation sites excluding steroid dienone is 5. The Labute approximate surface area is 115 Å². The molecule has 0 aromatic rings. The van der Waals surface area contributed by atoms with Gasteiger partial charge in [0.1, 0.15) is 0 Å². The highest BCUT2D eigenvalue weighted by Gasteiger charge is 2.52. The molecule has 0 amide bonds. The zero-order chi connectivity index (χ0) is 14.3. The zero-order valence-electron chi connectivity index (χ0n) is 12.2. The van der Waals surface area contributed by atoms with Gasteiger partial charge in [0.2, 0.25) is 0 Å². The monoisotopic (exact) mass is 260 g/mol. The third-order valence-electron chi connectivity index (χ3n) is 3.90. The van der Waals surface area contributed by atoms with Crippen molar-refractivity contribution in [1.82, 2.24) is 5.32 Å². The second-order valence-corrected chi connectivity index (χ2v) is 5.87. The Morgan fingerprint density at radius 3 is 2.21 bits per heavy atom. The smallest absolute Gasteiger partial charge is 0.399 e. The van der Waals surface area contributed by atoms with Gasteiger partial charge in [-0.2, -0.15) is 0 Å². The maximum absolute atomic E-state index is 7.99. The van der Waals surface area contributed by atoms with Gasteiger partial charge in [0.15, 0.2) is 0 Å². The molecular formula is C14H21BN2O2. The van der Waals surface area contributed by atoms with Crippen molar-refractivity contribution >= 4 is 12.8 Å². The van der Waals surface area contributed by atoms with Gasteiger partial charge in [-0.1, -0.05) is 12.2 Å². The van der Waals surface area contributed by atoms with E-state index in [0.29, 0.717) is 5.71 Å². The molecule has 1 saturated heterocycles. The second-order valence-electron chi connectivity index (χ2n) is 5.87. The third-order valence-corrected chi connectivity index (χ3v) is 3.90. The van der Waals surface area contributed by atoms with Gasteiger partial charge in [-0.15, -0.1) is 0 Å². The van der Waals surface area contributed by atoms with E-state index in [1.165, 1.54) is 0 Å². The largest absolute Gasteiger partial charge is 0.494 e. The molecule has 2 N–H and O–H groups in total. The molecule has 1 aliphatic heterocycles. The molecule has 0 aromatic carbocycles. The van der Waals surface area contributed by atoms with Crippen molar-refractivity contribution in [2.75, 3.05) is 7.05 Å². The summed E-state index contributed by atoms with van der Waals surface area (Å²) in [5.41, 5.74) is 1.49. The topological polar surface area (TPSA) is 54.3 Å². The van der Waals surface area contributed by atoms with Crippen LogP contribution in [0.5, 0.6) is 0 Å². The number of hydrogen-bond acceptors (Lipinski definition) is 4. The van der Waals surface area contributed by atoms with Crippen molar-refractivity contribution in [1.29, 1.82) is 5.41 Å². The summed E-state index contributed by atoms with van der Waals surface area (Å²) in [7, 11) is 1.42. The first-order chi connectivity index (χ1) is 8.77. The lowest BCUT2D eigenvalue weighted by Gasteiger charge is -2.32. The Morgan fingerprint density at radius 1 is 1.16 bits per heavy atom. The van der Waals surface area contributed by atoms with Crippen molar-refractivity contribution in [3.05, 3.63) is 35.5 Å². The second kappa shape index (κ2) is 4.65. The Kier molecular flexibility index (Phi) is 3.45. The highest BCUT2D eigenvalue weighted by Crippen LogP contribution is 2.39. The van der Waals surface area contributed by atoms with E-state index >= 15 is 0 Å². The average molecular weight is 260 g/mol. The van der Waals surface area contributed by atoms with Gasteiger partial charge in [-0.25, -0.2) is 0 Å². The number of rotatable bonds is 2. The van der Waals surface area contributed by atoms with Crippen LogP contribution in [0.2, 0.25) is 0 Å². The summed E-state index contributed by atoms with van der Waals surface area (Å²) < 4.78 is 11.9. The molecule has 0 spiro atoms. The van der Waals surface area contributed by atoms with Crippen molar-refractivity contribution in [3.8, 4) is 0 Å². The molecule has 0 radical (unpaired) electrons. The fourth-order valence-corrected chi connectivity index (χ4v) is 1.98. The number of hydrogen-bond donors (Lipinski definition) is 2. The van der Waals surface area contributed by atoms with Crippen molar-refractivity contribution in [2.45, 2.75) is 38.9 Å². The van der Waals surface area contributed by atoms with Crippen LogP contribution in [0.3, 0.4) is 0 Å². The number of nitrogens with one attached hydrogen (secondary N) is 2. The zero-order valence-corrected chi connectivity index (χ0v) is 12.2. The van der Waals surface area contributed by atoms with Gasteiger partial charge in [0.25, 0.3) is 0 Å². The standard InChI is InChI=1S/C14H21BN2O2/c1-13(2)14(3,4)19-15(18-13)11-7-6-10(9-17-5)12(16)8-11/h6-9,16-17H,1-5H3/b10-9-,16-12?. The summed E-state index contributed by atoms with van der Waals surface area (Å²) in [5, 5.41) is 10.9. The SMILES string of the molecule is CN/C=C1/C=CC(B2OC(C)(C)C(C)(C)O2)=CC1=N. The Hall–Kier alpha value is -1.33. The van der Waals surface area contributed by atoms with Crippen molar-refractivity contribution < 1.29 is 9.31 Å². The summed E-state index contributed by atoms with van der Waals surface area (Å²) in [6.45, 7) is 8.10. The minimum Gasteiger partial charge on any atom is -0.399 e. The fraction of sp³-hybridized carbons (Fsp3) is 0.500. The summed E-state index contributed by atoms with van der Waals surface area (Å²) >= 11 is 0. The Balaban J connectivity index is 2.19. The Bertz CT molecular complexity index is 474. The van der Waals surface area contributed by atoms with Gasteiger partial charge in [-0.3, -0.25) is 0 Å². The third kappa shape index (κ3) is 2.53. The lowest BCUT2D eigenvalue weighted by Crippen LogP contribution is -2.41. The van der Waals surface area contributed by atoms with Gasteiger partial charge in [0.05, 0.1) is 16.9 Å². The molecule has 0 aromatic heterocycles. The molecule has 1 fully saturated rings. The maximum Gasteiger partial charge on any atom is 0.494 e. The van der Waals surface area contributed by atoms with E-state index in [2.05, 4.69) is 5.32 Å². The van der Waals surface area contributed by atoms with Gasteiger partial charge in [-0.05, 0) is 39.2 Å². The van der Waals surface area contributed by atoms with Crippen LogP contribution in [-0.4, -0.2) is 31.1 Å². The first-order valence-electron chi connectivity index (χ1n) is 6.48.